The lowest BCUT2D eigenvalue weighted by atomic mass is 10.1. The largest absolute Gasteiger partial charge is 0.397 e. The van der Waals surface area contributed by atoms with Crippen molar-refractivity contribution in [3.63, 3.8) is 0 Å². The molecule has 0 saturated carbocycles. The Morgan fingerprint density at radius 3 is 2.88 bits per heavy atom. The van der Waals surface area contributed by atoms with Crippen LogP contribution in [0.2, 0.25) is 0 Å². The zero-order valence-corrected chi connectivity index (χ0v) is 9.84. The first-order valence-electron chi connectivity index (χ1n) is 5.74. The number of nitrogens with one attached hydrogen (secondary N) is 1. The van der Waals surface area contributed by atoms with E-state index in [1.165, 1.54) is 6.07 Å². The number of nitrogens with two attached hydrogens (primary N) is 1. The zero-order valence-electron chi connectivity index (χ0n) is 9.84. The number of hydrogen-bond donors (Lipinski definition) is 2. The standard InChI is InChI=1S/C12H17F2N3/c1-17-5-4-8(7-17)6-16-12-10(15)3-2-9(13)11(12)14/h2-3,8,16H,4-7,15H2,1H3. The summed E-state index contributed by atoms with van der Waals surface area (Å²) in [6.07, 6.45) is 1.07. The molecular formula is C12H17F2N3. The van der Waals surface area contributed by atoms with Gasteiger partial charge in [-0.15, -0.1) is 0 Å². The van der Waals surface area contributed by atoms with Gasteiger partial charge in [0, 0.05) is 13.1 Å². The Hall–Kier alpha value is -1.36. The van der Waals surface area contributed by atoms with Crippen LogP contribution in [0.4, 0.5) is 20.2 Å². The summed E-state index contributed by atoms with van der Waals surface area (Å²) in [4.78, 5) is 2.22. The lowest BCUT2D eigenvalue weighted by molar-refractivity contribution is 0.399. The van der Waals surface area contributed by atoms with Gasteiger partial charge < -0.3 is 16.0 Å². The van der Waals surface area contributed by atoms with Gasteiger partial charge in [-0.1, -0.05) is 0 Å². The Labute approximate surface area is 99.6 Å². The van der Waals surface area contributed by atoms with Gasteiger partial charge in [0.1, 0.15) is 0 Å². The second kappa shape index (κ2) is 4.87. The number of benzene rings is 1. The van der Waals surface area contributed by atoms with Crippen LogP contribution in [0.15, 0.2) is 12.1 Å². The van der Waals surface area contributed by atoms with Gasteiger partial charge in [-0.25, -0.2) is 8.78 Å². The SMILES string of the molecule is CN1CCC(CNc2c(N)ccc(F)c2F)C1. The first kappa shape index (κ1) is 12.1. The maximum atomic E-state index is 13.5. The summed E-state index contributed by atoms with van der Waals surface area (Å²) in [5, 5.41) is 2.92. The fourth-order valence-electron chi connectivity index (χ4n) is 2.18. The molecule has 0 bridgehead atoms. The van der Waals surface area contributed by atoms with Crippen LogP contribution in [0.1, 0.15) is 6.42 Å². The molecule has 94 valence electrons. The summed E-state index contributed by atoms with van der Waals surface area (Å²) >= 11 is 0. The number of anilines is 2. The maximum Gasteiger partial charge on any atom is 0.183 e. The average Bonchev–Trinajstić information content (AvgIpc) is 2.70. The van der Waals surface area contributed by atoms with Crippen molar-refractivity contribution in [2.24, 2.45) is 5.92 Å². The fraction of sp³-hybridized carbons (Fsp3) is 0.500. The molecule has 3 nitrogen and oxygen atoms in total. The van der Waals surface area contributed by atoms with Crippen molar-refractivity contribution >= 4 is 11.4 Å². The molecule has 1 fully saturated rings. The quantitative estimate of drug-likeness (QED) is 0.794. The van der Waals surface area contributed by atoms with Crippen LogP contribution in [-0.2, 0) is 0 Å². The van der Waals surface area contributed by atoms with Crippen molar-refractivity contribution < 1.29 is 8.78 Å². The molecule has 0 amide bonds. The van der Waals surface area contributed by atoms with Gasteiger partial charge in [0.15, 0.2) is 11.6 Å². The molecule has 0 aromatic heterocycles. The molecule has 0 spiro atoms. The van der Waals surface area contributed by atoms with E-state index in [0.29, 0.717) is 12.5 Å². The van der Waals surface area contributed by atoms with Gasteiger partial charge in [0.25, 0.3) is 0 Å². The number of nitrogens with zero attached hydrogens (tertiary/aromatic N) is 1. The Balaban J connectivity index is 2.01. The van der Waals surface area contributed by atoms with E-state index in [-0.39, 0.29) is 11.4 Å². The Kier molecular flexibility index (Phi) is 3.47. The number of nitrogen functional groups attached to an aromatic ring is 1. The summed E-state index contributed by atoms with van der Waals surface area (Å²) in [6, 6.07) is 2.42. The molecule has 5 heteroatoms. The van der Waals surface area contributed by atoms with Gasteiger partial charge in [-0.2, -0.15) is 0 Å². The molecule has 1 heterocycles. The molecule has 3 N–H and O–H groups in total. The number of halogens is 2. The van der Waals surface area contributed by atoms with Gasteiger partial charge in [0.2, 0.25) is 0 Å². The number of rotatable bonds is 3. The van der Waals surface area contributed by atoms with Crippen molar-refractivity contribution in [1.82, 2.24) is 4.90 Å². The van der Waals surface area contributed by atoms with E-state index >= 15 is 0 Å². The number of likely N-dealkylation sites (tertiary alicyclic amines) is 1. The molecule has 17 heavy (non-hydrogen) atoms. The number of hydrogen-bond acceptors (Lipinski definition) is 3. The third-order valence-corrected chi connectivity index (χ3v) is 3.18. The van der Waals surface area contributed by atoms with Crippen LogP contribution in [0.3, 0.4) is 0 Å². The zero-order chi connectivity index (χ0) is 12.4. The first-order valence-corrected chi connectivity index (χ1v) is 5.74. The van der Waals surface area contributed by atoms with E-state index < -0.39 is 11.6 Å². The topological polar surface area (TPSA) is 41.3 Å². The van der Waals surface area contributed by atoms with Crippen molar-refractivity contribution in [1.29, 1.82) is 0 Å². The second-order valence-corrected chi connectivity index (χ2v) is 4.62. The van der Waals surface area contributed by atoms with Gasteiger partial charge in [0.05, 0.1) is 11.4 Å². The second-order valence-electron chi connectivity index (χ2n) is 4.62. The minimum absolute atomic E-state index is 0.0829. The highest BCUT2D eigenvalue weighted by atomic mass is 19.2. The normalized spacial score (nSPS) is 20.8. The Morgan fingerprint density at radius 1 is 1.47 bits per heavy atom. The van der Waals surface area contributed by atoms with Crippen LogP contribution in [0, 0.1) is 17.6 Å². The van der Waals surface area contributed by atoms with Crippen LogP contribution < -0.4 is 11.1 Å². The Bertz CT molecular complexity index is 409. The predicted molar refractivity (Wildman–Crippen MR) is 64.9 cm³/mol. The minimum Gasteiger partial charge on any atom is -0.397 e. The first-order chi connectivity index (χ1) is 8.08. The molecule has 1 saturated heterocycles. The summed E-state index contributed by atoms with van der Waals surface area (Å²) in [5.41, 5.74) is 5.95. The van der Waals surface area contributed by atoms with Crippen molar-refractivity contribution in [2.75, 3.05) is 37.7 Å². The van der Waals surface area contributed by atoms with Crippen molar-refractivity contribution in [3.05, 3.63) is 23.8 Å². The molecule has 0 aliphatic carbocycles. The maximum absolute atomic E-state index is 13.5. The molecule has 2 rings (SSSR count). The molecule has 1 atom stereocenters. The van der Waals surface area contributed by atoms with E-state index in [0.717, 1.165) is 25.6 Å². The van der Waals surface area contributed by atoms with Crippen LogP contribution in [-0.4, -0.2) is 31.6 Å². The minimum atomic E-state index is -0.892. The van der Waals surface area contributed by atoms with Crippen LogP contribution >= 0.6 is 0 Å². The van der Waals surface area contributed by atoms with Gasteiger partial charge in [-0.05, 0) is 38.1 Å². The molecular weight excluding hydrogens is 224 g/mol. The van der Waals surface area contributed by atoms with E-state index in [1.807, 2.05) is 0 Å². The third kappa shape index (κ3) is 2.66. The highest BCUT2D eigenvalue weighted by Crippen LogP contribution is 2.25. The molecule has 1 aliphatic rings. The smallest absolute Gasteiger partial charge is 0.183 e. The van der Waals surface area contributed by atoms with Crippen molar-refractivity contribution in [2.45, 2.75) is 6.42 Å². The lowest BCUT2D eigenvalue weighted by Gasteiger charge is -2.15. The molecule has 1 aliphatic heterocycles. The molecule has 1 unspecified atom stereocenters. The van der Waals surface area contributed by atoms with E-state index in [4.69, 9.17) is 5.73 Å². The van der Waals surface area contributed by atoms with Gasteiger partial charge in [-0.3, -0.25) is 0 Å². The van der Waals surface area contributed by atoms with E-state index in [2.05, 4.69) is 17.3 Å². The van der Waals surface area contributed by atoms with Gasteiger partial charge >= 0.3 is 0 Å². The Morgan fingerprint density at radius 2 is 2.24 bits per heavy atom. The molecule has 1 aromatic rings. The summed E-state index contributed by atoms with van der Waals surface area (Å²) in [6.45, 7) is 2.65. The highest BCUT2D eigenvalue weighted by molar-refractivity contribution is 5.66. The monoisotopic (exact) mass is 241 g/mol. The third-order valence-electron chi connectivity index (χ3n) is 3.18. The lowest BCUT2D eigenvalue weighted by Crippen LogP contribution is -2.20. The van der Waals surface area contributed by atoms with E-state index in [1.54, 1.807) is 0 Å². The fourth-order valence-corrected chi connectivity index (χ4v) is 2.18. The molecule has 1 aromatic carbocycles. The van der Waals surface area contributed by atoms with Crippen LogP contribution in [0.5, 0.6) is 0 Å². The van der Waals surface area contributed by atoms with E-state index in [9.17, 15) is 8.78 Å². The summed E-state index contributed by atoms with van der Waals surface area (Å²) in [5.74, 6) is -1.30. The highest BCUT2D eigenvalue weighted by Gasteiger charge is 2.20. The van der Waals surface area contributed by atoms with Crippen molar-refractivity contribution in [3.8, 4) is 0 Å². The van der Waals surface area contributed by atoms with Crippen LogP contribution in [0.25, 0.3) is 0 Å². The molecule has 0 radical (unpaired) electrons. The summed E-state index contributed by atoms with van der Waals surface area (Å²) in [7, 11) is 2.05. The predicted octanol–water partition coefficient (Wildman–Crippen LogP) is 1.91. The average molecular weight is 241 g/mol. The summed E-state index contributed by atoms with van der Waals surface area (Å²) < 4.78 is 26.5.